The van der Waals surface area contributed by atoms with Crippen LogP contribution in [0.1, 0.15) is 0 Å². The molecular formula is C17H14ClFN2OS. The van der Waals surface area contributed by atoms with Gasteiger partial charge in [0, 0.05) is 22.7 Å². The van der Waals surface area contributed by atoms with Gasteiger partial charge in [-0.2, -0.15) is 0 Å². The van der Waals surface area contributed by atoms with Gasteiger partial charge in [-0.05, 0) is 42.5 Å². The maximum atomic E-state index is 12.4. The minimum atomic E-state index is 0.142. The van der Waals surface area contributed by atoms with Crippen molar-refractivity contribution < 1.29 is 9.13 Å². The van der Waals surface area contributed by atoms with Gasteiger partial charge >= 0.3 is 0 Å². The second-order valence-corrected chi connectivity index (χ2v) is 6.38. The van der Waals surface area contributed by atoms with E-state index < -0.39 is 0 Å². The number of nitrogens with two attached hydrogens (primary N) is 1. The first-order valence-corrected chi connectivity index (χ1v) is 8.16. The van der Waals surface area contributed by atoms with Gasteiger partial charge in [-0.15, -0.1) is 11.3 Å². The molecule has 0 bridgehead atoms. The Kier molecular flexibility index (Phi) is 4.91. The van der Waals surface area contributed by atoms with Crippen LogP contribution in [0.15, 0.2) is 54.4 Å². The molecule has 2 aromatic carbocycles. The predicted molar refractivity (Wildman–Crippen MR) is 93.8 cm³/mol. The summed E-state index contributed by atoms with van der Waals surface area (Å²) in [6, 6.07) is 13.2. The molecule has 0 saturated carbocycles. The van der Waals surface area contributed by atoms with Gasteiger partial charge in [0.15, 0.2) is 0 Å². The molecule has 23 heavy (non-hydrogen) atoms. The fourth-order valence-electron chi connectivity index (χ4n) is 2.03. The molecule has 2 N–H and O–H groups in total. The Morgan fingerprint density at radius 3 is 2.74 bits per heavy atom. The van der Waals surface area contributed by atoms with Crippen molar-refractivity contribution >= 4 is 33.2 Å². The molecule has 0 saturated heterocycles. The molecule has 118 valence electrons. The Morgan fingerprint density at radius 1 is 1.26 bits per heavy atom. The van der Waals surface area contributed by atoms with Gasteiger partial charge in [0.1, 0.15) is 17.4 Å². The molecule has 0 aliphatic rings. The summed E-state index contributed by atoms with van der Waals surface area (Å²) in [4.78, 5) is 4.60. The van der Waals surface area contributed by atoms with Crippen LogP contribution in [-0.2, 0) is 0 Å². The molecule has 0 atom stereocenters. The standard InChI is InChI=1S/C17H14ClFN2OS/c18-13-3-6-15-16(7-13)23-17(21-15)12-1-4-14(5-2-12)22-10-11(8-19)9-20/h1-8H,9-10,20H2. The molecule has 3 nitrogen and oxygen atoms in total. The van der Waals surface area contributed by atoms with Crippen LogP contribution in [0.25, 0.3) is 20.8 Å². The van der Waals surface area contributed by atoms with Crippen molar-refractivity contribution in [1.82, 2.24) is 4.98 Å². The molecule has 0 aliphatic heterocycles. The van der Waals surface area contributed by atoms with Crippen molar-refractivity contribution in [2.45, 2.75) is 0 Å². The van der Waals surface area contributed by atoms with Gasteiger partial charge in [0.2, 0.25) is 0 Å². The third kappa shape index (κ3) is 3.69. The number of halogens is 2. The molecule has 0 fully saturated rings. The van der Waals surface area contributed by atoms with Crippen LogP contribution in [0.3, 0.4) is 0 Å². The highest BCUT2D eigenvalue weighted by atomic mass is 35.5. The second kappa shape index (κ2) is 7.08. The lowest BCUT2D eigenvalue weighted by atomic mass is 10.2. The average Bonchev–Trinajstić information content (AvgIpc) is 2.99. The maximum absolute atomic E-state index is 12.4. The van der Waals surface area contributed by atoms with Gasteiger partial charge in [0.05, 0.1) is 16.5 Å². The topological polar surface area (TPSA) is 48.1 Å². The number of nitrogens with zero attached hydrogens (tertiary/aromatic N) is 1. The van der Waals surface area contributed by atoms with Crippen LogP contribution >= 0.6 is 22.9 Å². The second-order valence-electron chi connectivity index (χ2n) is 4.92. The van der Waals surface area contributed by atoms with Gasteiger partial charge in [-0.1, -0.05) is 11.6 Å². The lowest BCUT2D eigenvalue weighted by Crippen LogP contribution is -2.10. The largest absolute Gasteiger partial charge is 0.489 e. The Hall–Kier alpha value is -1.95. The number of hydrogen-bond donors (Lipinski definition) is 1. The van der Waals surface area contributed by atoms with E-state index in [0.717, 1.165) is 20.8 Å². The molecule has 0 unspecified atom stereocenters. The van der Waals surface area contributed by atoms with Gasteiger partial charge in [0.25, 0.3) is 0 Å². The summed E-state index contributed by atoms with van der Waals surface area (Å²) in [6.45, 7) is 0.287. The molecule has 0 radical (unpaired) electrons. The molecular weight excluding hydrogens is 335 g/mol. The molecule has 0 aliphatic carbocycles. The quantitative estimate of drug-likeness (QED) is 0.720. The van der Waals surface area contributed by atoms with E-state index in [0.29, 0.717) is 22.7 Å². The third-order valence-electron chi connectivity index (χ3n) is 3.29. The highest BCUT2D eigenvalue weighted by Crippen LogP contribution is 2.32. The van der Waals surface area contributed by atoms with Crippen LogP contribution in [0.5, 0.6) is 5.75 Å². The fraction of sp³-hybridized carbons (Fsp3) is 0.118. The highest BCUT2D eigenvalue weighted by Gasteiger charge is 2.07. The Labute approximate surface area is 142 Å². The normalized spacial score (nSPS) is 11.9. The first-order chi connectivity index (χ1) is 11.2. The lowest BCUT2D eigenvalue weighted by Gasteiger charge is -2.07. The summed E-state index contributed by atoms with van der Waals surface area (Å²) in [5.74, 6) is 0.658. The van der Waals surface area contributed by atoms with E-state index in [-0.39, 0.29) is 13.2 Å². The monoisotopic (exact) mass is 348 g/mol. The number of rotatable bonds is 5. The minimum absolute atomic E-state index is 0.142. The van der Waals surface area contributed by atoms with Crippen LogP contribution in [0, 0.1) is 0 Å². The average molecular weight is 349 g/mol. The van der Waals surface area contributed by atoms with E-state index in [1.807, 2.05) is 42.5 Å². The first-order valence-electron chi connectivity index (χ1n) is 6.97. The smallest absolute Gasteiger partial charge is 0.124 e. The predicted octanol–water partition coefficient (Wildman–Crippen LogP) is 4.81. The van der Waals surface area contributed by atoms with Crippen molar-refractivity contribution in [3.63, 3.8) is 0 Å². The van der Waals surface area contributed by atoms with E-state index >= 15 is 0 Å². The van der Waals surface area contributed by atoms with Crippen molar-refractivity contribution in [3.8, 4) is 16.3 Å². The summed E-state index contributed by atoms with van der Waals surface area (Å²) in [7, 11) is 0. The molecule has 0 spiro atoms. The van der Waals surface area contributed by atoms with Crippen molar-refractivity contribution in [3.05, 3.63) is 59.4 Å². The van der Waals surface area contributed by atoms with E-state index in [2.05, 4.69) is 4.98 Å². The van der Waals surface area contributed by atoms with E-state index in [1.54, 1.807) is 11.3 Å². The van der Waals surface area contributed by atoms with E-state index in [9.17, 15) is 4.39 Å². The van der Waals surface area contributed by atoms with Crippen LogP contribution in [-0.4, -0.2) is 18.1 Å². The zero-order chi connectivity index (χ0) is 16.2. The summed E-state index contributed by atoms with van der Waals surface area (Å²) in [5, 5.41) is 1.62. The zero-order valence-electron chi connectivity index (χ0n) is 12.1. The van der Waals surface area contributed by atoms with Gasteiger partial charge in [-0.3, -0.25) is 0 Å². The molecule has 3 aromatic rings. The number of fused-ring (bicyclic) bond motifs is 1. The Bertz CT molecular complexity index is 845. The van der Waals surface area contributed by atoms with Crippen molar-refractivity contribution in [2.75, 3.05) is 13.2 Å². The molecule has 1 aromatic heterocycles. The lowest BCUT2D eigenvalue weighted by molar-refractivity contribution is 0.347. The van der Waals surface area contributed by atoms with Crippen LogP contribution in [0.2, 0.25) is 5.02 Å². The Morgan fingerprint density at radius 2 is 2.04 bits per heavy atom. The van der Waals surface area contributed by atoms with Gasteiger partial charge < -0.3 is 10.5 Å². The van der Waals surface area contributed by atoms with E-state index in [1.165, 1.54) is 0 Å². The Balaban J connectivity index is 1.78. The summed E-state index contributed by atoms with van der Waals surface area (Å²) < 4.78 is 19.0. The third-order valence-corrected chi connectivity index (χ3v) is 4.59. The maximum Gasteiger partial charge on any atom is 0.124 e. The highest BCUT2D eigenvalue weighted by molar-refractivity contribution is 7.21. The van der Waals surface area contributed by atoms with Crippen molar-refractivity contribution in [1.29, 1.82) is 0 Å². The van der Waals surface area contributed by atoms with Gasteiger partial charge in [-0.25, -0.2) is 9.37 Å². The fourth-order valence-corrected chi connectivity index (χ4v) is 3.27. The zero-order valence-corrected chi connectivity index (χ0v) is 13.7. The minimum Gasteiger partial charge on any atom is -0.489 e. The number of hydrogen-bond acceptors (Lipinski definition) is 4. The number of aromatic nitrogens is 1. The SMILES string of the molecule is NCC(=CF)COc1ccc(-c2nc3ccc(Cl)cc3s2)cc1. The molecule has 6 heteroatoms. The van der Waals surface area contributed by atoms with E-state index in [4.69, 9.17) is 22.1 Å². The summed E-state index contributed by atoms with van der Waals surface area (Å²) in [6.07, 6.45) is 0.487. The molecule has 0 amide bonds. The number of ether oxygens (including phenoxy) is 1. The summed E-state index contributed by atoms with van der Waals surface area (Å²) in [5.41, 5.74) is 7.73. The summed E-state index contributed by atoms with van der Waals surface area (Å²) >= 11 is 7.59. The molecule has 1 heterocycles. The van der Waals surface area contributed by atoms with Crippen LogP contribution < -0.4 is 10.5 Å². The van der Waals surface area contributed by atoms with Crippen molar-refractivity contribution in [2.24, 2.45) is 5.73 Å². The number of thiazole rings is 1. The molecule has 3 rings (SSSR count). The first kappa shape index (κ1) is 15.9. The van der Waals surface area contributed by atoms with Crippen LogP contribution in [0.4, 0.5) is 4.39 Å². The number of benzene rings is 2.